The Bertz CT molecular complexity index is 794. The van der Waals surface area contributed by atoms with Crippen LogP contribution in [0, 0.1) is 5.92 Å². The molecule has 6 nitrogen and oxygen atoms in total. The third-order valence-electron chi connectivity index (χ3n) is 3.61. The van der Waals surface area contributed by atoms with E-state index in [9.17, 15) is 8.42 Å². The molecule has 2 heterocycles. The van der Waals surface area contributed by atoms with E-state index in [4.69, 9.17) is 9.15 Å². The van der Waals surface area contributed by atoms with Crippen molar-refractivity contribution in [3.8, 4) is 5.75 Å². The van der Waals surface area contributed by atoms with Gasteiger partial charge in [-0.25, -0.2) is 8.42 Å². The lowest BCUT2D eigenvalue weighted by molar-refractivity contribution is 0.342. The summed E-state index contributed by atoms with van der Waals surface area (Å²) in [5.74, 6) is 2.57. The minimum absolute atomic E-state index is 0.0909. The van der Waals surface area contributed by atoms with E-state index in [1.165, 1.54) is 11.8 Å². The predicted molar refractivity (Wildman–Crippen MR) is 95.1 cm³/mol. The van der Waals surface area contributed by atoms with Crippen LogP contribution in [0.2, 0.25) is 0 Å². The Hall–Kier alpha value is -1.06. The Morgan fingerprint density at radius 3 is 3.00 bits per heavy atom. The maximum absolute atomic E-state index is 11.5. The first-order valence-electron chi connectivity index (χ1n) is 7.54. The van der Waals surface area contributed by atoms with Crippen molar-refractivity contribution in [2.45, 2.75) is 18.1 Å². The van der Waals surface area contributed by atoms with Gasteiger partial charge in [-0.3, -0.25) is 0 Å². The maximum atomic E-state index is 11.5. The van der Waals surface area contributed by atoms with Crippen LogP contribution in [0.3, 0.4) is 0 Å². The van der Waals surface area contributed by atoms with Crippen molar-refractivity contribution in [3.05, 3.63) is 34.6 Å². The molecule has 0 amide bonds. The van der Waals surface area contributed by atoms with E-state index in [0.717, 1.165) is 10.2 Å². The van der Waals surface area contributed by atoms with Crippen molar-refractivity contribution in [2.24, 2.45) is 5.92 Å². The summed E-state index contributed by atoms with van der Waals surface area (Å²) in [6.45, 7) is 0.527. The Balaban J connectivity index is 1.41. The average Bonchev–Trinajstić information content (AvgIpc) is 3.10. The van der Waals surface area contributed by atoms with Crippen LogP contribution in [0.1, 0.15) is 12.3 Å². The summed E-state index contributed by atoms with van der Waals surface area (Å²) < 4.78 is 35.1. The van der Waals surface area contributed by atoms with Crippen molar-refractivity contribution in [2.75, 3.05) is 23.9 Å². The summed E-state index contributed by atoms with van der Waals surface area (Å²) in [6.07, 6.45) is 1.20. The zero-order chi connectivity index (χ0) is 17.0. The molecule has 9 heteroatoms. The third kappa shape index (κ3) is 5.22. The predicted octanol–water partition coefficient (Wildman–Crippen LogP) is 2.98. The lowest BCUT2D eigenvalue weighted by atomic mass is 10.1. The summed E-state index contributed by atoms with van der Waals surface area (Å²) >= 11 is 4.82. The number of benzene rings is 1. The van der Waals surface area contributed by atoms with Gasteiger partial charge in [0.1, 0.15) is 5.75 Å². The second-order valence-corrected chi connectivity index (χ2v) is 9.78. The Morgan fingerprint density at radius 2 is 2.25 bits per heavy atom. The van der Waals surface area contributed by atoms with E-state index in [1.807, 2.05) is 24.3 Å². The van der Waals surface area contributed by atoms with Crippen LogP contribution in [0.5, 0.6) is 5.75 Å². The van der Waals surface area contributed by atoms with Crippen LogP contribution < -0.4 is 4.74 Å². The zero-order valence-electron chi connectivity index (χ0n) is 12.9. The van der Waals surface area contributed by atoms with Crippen LogP contribution >= 0.6 is 27.7 Å². The van der Waals surface area contributed by atoms with E-state index < -0.39 is 9.84 Å². The number of halogens is 1. The van der Waals surface area contributed by atoms with Gasteiger partial charge in [0, 0.05) is 16.6 Å². The van der Waals surface area contributed by atoms with Crippen LogP contribution in [-0.2, 0) is 16.3 Å². The molecule has 0 N–H and O–H groups in total. The quantitative estimate of drug-likeness (QED) is 0.491. The van der Waals surface area contributed by atoms with Crippen molar-refractivity contribution in [1.29, 1.82) is 0 Å². The second-order valence-electron chi connectivity index (χ2n) is 5.59. The highest BCUT2D eigenvalue weighted by Gasteiger charge is 2.29. The van der Waals surface area contributed by atoms with Gasteiger partial charge in [0.25, 0.3) is 5.22 Å². The number of ether oxygens (including phenoxy) is 1. The molecule has 0 aliphatic carbocycles. The van der Waals surface area contributed by atoms with Gasteiger partial charge in [0.2, 0.25) is 5.89 Å². The first kappa shape index (κ1) is 17.8. The van der Waals surface area contributed by atoms with E-state index in [0.29, 0.717) is 36.3 Å². The minimum Gasteiger partial charge on any atom is -0.493 e. The normalized spacial score (nSPS) is 19.5. The molecule has 2 aromatic rings. The van der Waals surface area contributed by atoms with Crippen molar-refractivity contribution < 1.29 is 17.6 Å². The molecule has 1 aliphatic heterocycles. The van der Waals surface area contributed by atoms with Gasteiger partial charge in [0.05, 0.1) is 18.1 Å². The van der Waals surface area contributed by atoms with Gasteiger partial charge in [0.15, 0.2) is 9.84 Å². The van der Waals surface area contributed by atoms with Gasteiger partial charge in [-0.15, -0.1) is 10.2 Å². The molecule has 24 heavy (non-hydrogen) atoms. The minimum atomic E-state index is -2.87. The van der Waals surface area contributed by atoms with Crippen LogP contribution in [-0.4, -0.2) is 42.5 Å². The van der Waals surface area contributed by atoms with E-state index in [1.54, 1.807) is 0 Å². The fourth-order valence-electron chi connectivity index (χ4n) is 2.50. The van der Waals surface area contributed by atoms with Crippen molar-refractivity contribution in [1.82, 2.24) is 10.2 Å². The molecule has 1 aromatic heterocycles. The molecule has 0 unspecified atom stereocenters. The van der Waals surface area contributed by atoms with Crippen molar-refractivity contribution in [3.63, 3.8) is 0 Å². The SMILES string of the molecule is O=S1(=O)CC[C@H](Cc2nnc(SCCOc3cccc(Br)c3)o2)C1. The smallest absolute Gasteiger partial charge is 0.276 e. The molecule has 1 aliphatic rings. The molecule has 1 aromatic carbocycles. The molecule has 3 rings (SSSR count). The second kappa shape index (κ2) is 7.88. The van der Waals surface area contributed by atoms with Crippen LogP contribution in [0.25, 0.3) is 0 Å². The molecule has 0 spiro atoms. The monoisotopic (exact) mass is 432 g/mol. The highest BCUT2D eigenvalue weighted by atomic mass is 79.9. The maximum Gasteiger partial charge on any atom is 0.276 e. The molecule has 0 radical (unpaired) electrons. The lowest BCUT2D eigenvalue weighted by Crippen LogP contribution is -2.07. The highest BCUT2D eigenvalue weighted by Crippen LogP contribution is 2.24. The van der Waals surface area contributed by atoms with Gasteiger partial charge in [-0.05, 0) is 30.5 Å². The van der Waals surface area contributed by atoms with Gasteiger partial charge in [-0.1, -0.05) is 33.8 Å². The standard InChI is InChI=1S/C15H17BrN2O4S2/c16-12-2-1-3-13(9-12)21-5-6-23-15-18-17-14(22-15)8-11-4-7-24(19,20)10-11/h1-3,9,11H,4-8,10H2/t11-/m1/s1. The summed E-state index contributed by atoms with van der Waals surface area (Å²) in [6, 6.07) is 7.66. The fourth-order valence-corrected chi connectivity index (χ4v) is 5.34. The number of hydrogen-bond acceptors (Lipinski definition) is 7. The number of thioether (sulfide) groups is 1. The molecule has 0 bridgehead atoms. The summed E-state index contributed by atoms with van der Waals surface area (Å²) in [4.78, 5) is 0. The topological polar surface area (TPSA) is 82.3 Å². The number of nitrogens with zero attached hydrogens (tertiary/aromatic N) is 2. The number of sulfone groups is 1. The van der Waals surface area contributed by atoms with Gasteiger partial charge < -0.3 is 9.15 Å². The number of rotatable bonds is 7. The molecular weight excluding hydrogens is 416 g/mol. The van der Waals surface area contributed by atoms with Crippen LogP contribution in [0.4, 0.5) is 0 Å². The number of aromatic nitrogens is 2. The van der Waals surface area contributed by atoms with Crippen molar-refractivity contribution >= 4 is 37.5 Å². The van der Waals surface area contributed by atoms with Gasteiger partial charge in [-0.2, -0.15) is 0 Å². The molecular formula is C15H17BrN2O4S2. The van der Waals surface area contributed by atoms with E-state index in [-0.39, 0.29) is 17.4 Å². The van der Waals surface area contributed by atoms with E-state index >= 15 is 0 Å². The Morgan fingerprint density at radius 1 is 1.38 bits per heavy atom. The molecule has 0 saturated carbocycles. The van der Waals surface area contributed by atoms with Gasteiger partial charge >= 0.3 is 0 Å². The molecule has 1 fully saturated rings. The summed E-state index contributed by atoms with van der Waals surface area (Å²) in [5.41, 5.74) is 0. The first-order chi connectivity index (χ1) is 11.5. The van der Waals surface area contributed by atoms with Crippen LogP contribution in [0.15, 0.2) is 38.4 Å². The highest BCUT2D eigenvalue weighted by molar-refractivity contribution is 9.10. The molecule has 1 saturated heterocycles. The molecule has 130 valence electrons. The molecule has 1 atom stereocenters. The summed E-state index contributed by atoms with van der Waals surface area (Å²) in [7, 11) is -2.87. The first-order valence-corrected chi connectivity index (χ1v) is 11.1. The fraction of sp³-hybridized carbons (Fsp3) is 0.467. The summed E-state index contributed by atoms with van der Waals surface area (Å²) in [5, 5.41) is 8.47. The third-order valence-corrected chi connectivity index (χ3v) is 6.72. The number of hydrogen-bond donors (Lipinski definition) is 0. The average molecular weight is 433 g/mol. The largest absolute Gasteiger partial charge is 0.493 e. The Kier molecular flexibility index (Phi) is 5.83. The Labute approximate surface area is 153 Å². The van der Waals surface area contributed by atoms with E-state index in [2.05, 4.69) is 26.1 Å². The lowest BCUT2D eigenvalue weighted by Gasteiger charge is -2.04. The zero-order valence-corrected chi connectivity index (χ0v) is 16.1.